The first-order chi connectivity index (χ1) is 12.6. The van der Waals surface area contributed by atoms with Crippen LogP contribution < -0.4 is 15.4 Å². The molecular formula is C20H26Cl2FN3O2. The largest absolute Gasteiger partial charge is 0.494 e. The molecule has 2 aromatic carbocycles. The van der Waals surface area contributed by atoms with Crippen molar-refractivity contribution < 1.29 is 13.9 Å². The van der Waals surface area contributed by atoms with E-state index in [1.807, 2.05) is 30.3 Å². The molecule has 1 fully saturated rings. The minimum absolute atomic E-state index is 0. The Morgan fingerprint density at radius 3 is 2.36 bits per heavy atom. The summed E-state index contributed by atoms with van der Waals surface area (Å²) in [7, 11) is 1.53. The Bertz CT molecular complexity index is 756. The molecule has 0 aromatic heterocycles. The van der Waals surface area contributed by atoms with Crippen LogP contribution in [0.25, 0.3) is 0 Å². The Morgan fingerprint density at radius 1 is 1.11 bits per heavy atom. The van der Waals surface area contributed by atoms with Crippen molar-refractivity contribution in [3.63, 3.8) is 0 Å². The fourth-order valence-corrected chi connectivity index (χ4v) is 3.27. The van der Waals surface area contributed by atoms with E-state index in [9.17, 15) is 9.18 Å². The number of piperazine rings is 1. The van der Waals surface area contributed by atoms with Crippen LogP contribution >= 0.6 is 24.8 Å². The average Bonchev–Trinajstić information content (AvgIpc) is 2.68. The Hall–Kier alpha value is -2.02. The van der Waals surface area contributed by atoms with Crippen LogP contribution in [0.2, 0.25) is 0 Å². The number of halogens is 3. The average molecular weight is 430 g/mol. The van der Waals surface area contributed by atoms with Gasteiger partial charge in [-0.3, -0.25) is 4.79 Å². The standard InChI is InChI=1S/C20H24FN3O2.2ClH/c1-26-19-14-16(21)7-8-18(19)23-9-11-24(12-10-23)20(25)17(22)13-15-5-3-2-4-6-15;;/h2-8,14,17H,9-13,22H2,1H3;2*1H. The predicted molar refractivity (Wildman–Crippen MR) is 114 cm³/mol. The number of anilines is 1. The minimum atomic E-state index is -0.538. The number of hydrogen-bond donors (Lipinski definition) is 1. The van der Waals surface area contributed by atoms with Crippen molar-refractivity contribution in [1.29, 1.82) is 0 Å². The maximum Gasteiger partial charge on any atom is 0.239 e. The summed E-state index contributed by atoms with van der Waals surface area (Å²) in [6.45, 7) is 2.49. The van der Waals surface area contributed by atoms with Gasteiger partial charge in [0.2, 0.25) is 5.91 Å². The first-order valence-corrected chi connectivity index (χ1v) is 8.75. The van der Waals surface area contributed by atoms with E-state index in [0.29, 0.717) is 38.3 Å². The molecule has 0 saturated carbocycles. The Labute approximate surface area is 177 Å². The number of nitrogens with zero attached hydrogens (tertiary/aromatic N) is 2. The molecular weight excluding hydrogens is 404 g/mol. The van der Waals surface area contributed by atoms with Crippen molar-refractivity contribution in [3.05, 3.63) is 59.9 Å². The normalized spacial score (nSPS) is 14.5. The fraction of sp³-hybridized carbons (Fsp3) is 0.350. The number of carbonyl (C=O) groups excluding carboxylic acids is 1. The van der Waals surface area contributed by atoms with Crippen molar-refractivity contribution in [2.75, 3.05) is 38.2 Å². The van der Waals surface area contributed by atoms with Crippen LogP contribution in [-0.2, 0) is 11.2 Å². The van der Waals surface area contributed by atoms with Gasteiger partial charge in [-0.2, -0.15) is 0 Å². The molecule has 0 radical (unpaired) electrons. The van der Waals surface area contributed by atoms with Crippen molar-refractivity contribution in [2.24, 2.45) is 5.73 Å². The van der Waals surface area contributed by atoms with E-state index >= 15 is 0 Å². The summed E-state index contributed by atoms with van der Waals surface area (Å²) in [5.41, 5.74) is 8.02. The van der Waals surface area contributed by atoms with Gasteiger partial charge >= 0.3 is 0 Å². The van der Waals surface area contributed by atoms with Gasteiger partial charge in [0.05, 0.1) is 18.8 Å². The molecule has 0 bridgehead atoms. The van der Waals surface area contributed by atoms with Gasteiger partial charge in [-0.05, 0) is 24.1 Å². The summed E-state index contributed by atoms with van der Waals surface area (Å²) in [4.78, 5) is 16.5. The quantitative estimate of drug-likeness (QED) is 0.793. The summed E-state index contributed by atoms with van der Waals surface area (Å²) in [5.74, 6) is 0.149. The maximum absolute atomic E-state index is 13.4. The SMILES string of the molecule is COc1cc(F)ccc1N1CCN(C(=O)C(N)Cc2ccccc2)CC1.Cl.Cl. The molecule has 0 spiro atoms. The molecule has 2 N–H and O–H groups in total. The summed E-state index contributed by atoms with van der Waals surface area (Å²) >= 11 is 0. The zero-order chi connectivity index (χ0) is 18.5. The van der Waals surface area contributed by atoms with E-state index < -0.39 is 6.04 Å². The first kappa shape index (κ1) is 24.0. The van der Waals surface area contributed by atoms with E-state index in [2.05, 4.69) is 4.90 Å². The lowest BCUT2D eigenvalue weighted by atomic mass is 10.1. The topological polar surface area (TPSA) is 58.8 Å². The number of carbonyl (C=O) groups is 1. The Kier molecular flexibility index (Phi) is 9.52. The zero-order valence-electron chi connectivity index (χ0n) is 15.7. The predicted octanol–water partition coefficient (Wildman–Crippen LogP) is 2.90. The third kappa shape index (κ3) is 5.74. The molecule has 1 aliphatic heterocycles. The van der Waals surface area contributed by atoms with Gasteiger partial charge in [0.1, 0.15) is 11.6 Å². The van der Waals surface area contributed by atoms with Crippen LogP contribution in [0.15, 0.2) is 48.5 Å². The highest BCUT2D eigenvalue weighted by atomic mass is 35.5. The Morgan fingerprint density at radius 2 is 1.75 bits per heavy atom. The smallest absolute Gasteiger partial charge is 0.239 e. The van der Waals surface area contributed by atoms with E-state index in [-0.39, 0.29) is 36.5 Å². The van der Waals surface area contributed by atoms with Crippen LogP contribution in [0.4, 0.5) is 10.1 Å². The van der Waals surface area contributed by atoms with Gasteiger partial charge < -0.3 is 20.3 Å². The van der Waals surface area contributed by atoms with E-state index in [4.69, 9.17) is 10.5 Å². The van der Waals surface area contributed by atoms with Crippen LogP contribution in [0.1, 0.15) is 5.56 Å². The maximum atomic E-state index is 13.4. The van der Waals surface area contributed by atoms with E-state index in [0.717, 1.165) is 11.3 Å². The molecule has 1 unspecified atom stereocenters. The number of amides is 1. The van der Waals surface area contributed by atoms with Gasteiger partial charge in [0, 0.05) is 32.2 Å². The molecule has 1 amide bonds. The molecule has 2 aromatic rings. The summed E-state index contributed by atoms with van der Waals surface area (Å²) < 4.78 is 18.6. The second-order valence-electron chi connectivity index (χ2n) is 6.42. The van der Waals surface area contributed by atoms with Crippen LogP contribution in [-0.4, -0.2) is 50.1 Å². The van der Waals surface area contributed by atoms with Gasteiger partial charge in [-0.15, -0.1) is 24.8 Å². The second-order valence-corrected chi connectivity index (χ2v) is 6.42. The fourth-order valence-electron chi connectivity index (χ4n) is 3.27. The van der Waals surface area contributed by atoms with E-state index in [1.54, 1.807) is 11.0 Å². The molecule has 1 saturated heterocycles. The molecule has 28 heavy (non-hydrogen) atoms. The van der Waals surface area contributed by atoms with Crippen LogP contribution in [0, 0.1) is 5.82 Å². The van der Waals surface area contributed by atoms with Crippen LogP contribution in [0.3, 0.4) is 0 Å². The van der Waals surface area contributed by atoms with Crippen LogP contribution in [0.5, 0.6) is 5.75 Å². The van der Waals surface area contributed by atoms with Gasteiger partial charge in [0.15, 0.2) is 0 Å². The lowest BCUT2D eigenvalue weighted by Gasteiger charge is -2.37. The number of methoxy groups -OCH3 is 1. The molecule has 5 nitrogen and oxygen atoms in total. The Balaban J connectivity index is 0.00000196. The lowest BCUT2D eigenvalue weighted by molar-refractivity contribution is -0.132. The highest BCUT2D eigenvalue weighted by Crippen LogP contribution is 2.29. The van der Waals surface area contributed by atoms with Crippen molar-refractivity contribution in [2.45, 2.75) is 12.5 Å². The van der Waals surface area contributed by atoms with Gasteiger partial charge in [-0.1, -0.05) is 30.3 Å². The molecule has 1 heterocycles. The van der Waals surface area contributed by atoms with E-state index in [1.165, 1.54) is 19.2 Å². The lowest BCUT2D eigenvalue weighted by Crippen LogP contribution is -2.53. The van der Waals surface area contributed by atoms with Crippen molar-refractivity contribution in [3.8, 4) is 5.75 Å². The van der Waals surface area contributed by atoms with Gasteiger partial charge in [0.25, 0.3) is 0 Å². The highest BCUT2D eigenvalue weighted by molar-refractivity contribution is 5.85. The number of rotatable bonds is 5. The number of nitrogens with two attached hydrogens (primary N) is 1. The first-order valence-electron chi connectivity index (χ1n) is 8.75. The third-order valence-electron chi connectivity index (χ3n) is 4.69. The number of hydrogen-bond acceptors (Lipinski definition) is 4. The summed E-state index contributed by atoms with van der Waals surface area (Å²) in [6, 6.07) is 13.8. The number of ether oxygens (including phenoxy) is 1. The molecule has 8 heteroatoms. The molecule has 1 atom stereocenters. The summed E-state index contributed by atoms with van der Waals surface area (Å²) in [6.07, 6.45) is 0.533. The summed E-state index contributed by atoms with van der Waals surface area (Å²) in [5, 5.41) is 0. The van der Waals surface area contributed by atoms with Gasteiger partial charge in [-0.25, -0.2) is 4.39 Å². The van der Waals surface area contributed by atoms with Crippen molar-refractivity contribution in [1.82, 2.24) is 4.90 Å². The highest BCUT2D eigenvalue weighted by Gasteiger charge is 2.26. The molecule has 1 aliphatic rings. The van der Waals surface area contributed by atoms with Crippen molar-refractivity contribution >= 4 is 36.4 Å². The second kappa shape index (κ2) is 11.1. The number of benzene rings is 2. The minimum Gasteiger partial charge on any atom is -0.494 e. The molecule has 0 aliphatic carbocycles. The third-order valence-corrected chi connectivity index (χ3v) is 4.69. The molecule has 3 rings (SSSR count). The molecule has 154 valence electrons. The zero-order valence-corrected chi connectivity index (χ0v) is 17.3. The monoisotopic (exact) mass is 429 g/mol.